The number of carbonyl (C=O) groups is 1. The van der Waals surface area contributed by atoms with Gasteiger partial charge in [-0.2, -0.15) is 4.31 Å². The lowest BCUT2D eigenvalue weighted by Crippen LogP contribution is -2.52. The van der Waals surface area contributed by atoms with Gasteiger partial charge in [0.1, 0.15) is 0 Å². The van der Waals surface area contributed by atoms with Crippen molar-refractivity contribution < 1.29 is 26.7 Å². The fraction of sp³-hybridized carbons (Fsp3) is 0.364. The van der Waals surface area contributed by atoms with E-state index < -0.39 is 31.9 Å². The number of hydrogen-bond acceptors (Lipinski definition) is 5. The fourth-order valence-electron chi connectivity index (χ4n) is 1.85. The molecule has 2 rings (SSSR count). The van der Waals surface area contributed by atoms with E-state index in [9.17, 15) is 21.6 Å². The lowest BCUT2D eigenvalue weighted by molar-refractivity contribution is -0.145. The Labute approximate surface area is 122 Å². The summed E-state index contributed by atoms with van der Waals surface area (Å²) in [6.45, 7) is -0.150. The maximum atomic E-state index is 12.2. The summed E-state index contributed by atoms with van der Waals surface area (Å²) in [6, 6.07) is 4.75. The Morgan fingerprint density at radius 2 is 1.62 bits per heavy atom. The highest BCUT2D eigenvalue weighted by Gasteiger charge is 2.40. The van der Waals surface area contributed by atoms with Gasteiger partial charge in [-0.3, -0.25) is 4.79 Å². The third-order valence-electron chi connectivity index (χ3n) is 3.24. The summed E-state index contributed by atoms with van der Waals surface area (Å²) in [6.07, 6.45) is 0. The number of hydrogen-bond donors (Lipinski definition) is 2. The second-order valence-corrected chi connectivity index (χ2v) is 8.36. The number of aliphatic carboxylic acids is 1. The number of sulfonamides is 2. The quantitative estimate of drug-likeness (QED) is 0.734. The first-order valence-corrected chi connectivity index (χ1v) is 8.87. The second-order valence-electron chi connectivity index (χ2n) is 4.54. The minimum atomic E-state index is -3.78. The number of nitrogens with zero attached hydrogens (tertiary/aromatic N) is 1. The highest BCUT2D eigenvalue weighted by Crippen LogP contribution is 2.25. The standard InChI is InChI=1S/C11H14N2O6S2/c1-12-20(16,17)9-2-4-10(5-3-9)21(18,19)13-6-8(7-13)11(14)15/h2-5,8,12H,6-7H2,1H3,(H,14,15). The molecule has 10 heteroatoms. The van der Waals surface area contributed by atoms with Gasteiger partial charge in [0.15, 0.2) is 0 Å². The maximum absolute atomic E-state index is 12.2. The van der Waals surface area contributed by atoms with Crippen molar-refractivity contribution in [2.24, 2.45) is 5.92 Å². The Morgan fingerprint density at radius 3 is 2.05 bits per heavy atom. The zero-order valence-corrected chi connectivity index (χ0v) is 12.7. The molecule has 0 atom stereocenters. The fourth-order valence-corrected chi connectivity index (χ4v) is 4.11. The molecule has 21 heavy (non-hydrogen) atoms. The Balaban J connectivity index is 2.21. The summed E-state index contributed by atoms with van der Waals surface area (Å²) < 4.78 is 50.6. The van der Waals surface area contributed by atoms with E-state index in [-0.39, 0.29) is 22.9 Å². The molecule has 0 aliphatic carbocycles. The van der Waals surface area contributed by atoms with Crippen molar-refractivity contribution in [1.82, 2.24) is 9.03 Å². The summed E-state index contributed by atoms with van der Waals surface area (Å²) in [5, 5.41) is 8.75. The first kappa shape index (κ1) is 15.9. The molecule has 8 nitrogen and oxygen atoms in total. The summed E-state index contributed by atoms with van der Waals surface area (Å²) in [4.78, 5) is 10.6. The van der Waals surface area contributed by atoms with E-state index in [1.54, 1.807) is 0 Å². The van der Waals surface area contributed by atoms with Crippen LogP contribution in [0.5, 0.6) is 0 Å². The van der Waals surface area contributed by atoms with Gasteiger partial charge in [0.05, 0.1) is 15.7 Å². The normalized spacial score (nSPS) is 17.4. The number of nitrogens with one attached hydrogen (secondary N) is 1. The Morgan fingerprint density at radius 1 is 1.14 bits per heavy atom. The van der Waals surface area contributed by atoms with Crippen LogP contribution in [0.2, 0.25) is 0 Å². The molecule has 1 saturated heterocycles. The SMILES string of the molecule is CNS(=O)(=O)c1ccc(S(=O)(=O)N2CC(C(=O)O)C2)cc1. The molecule has 0 bridgehead atoms. The highest BCUT2D eigenvalue weighted by atomic mass is 32.2. The molecule has 1 heterocycles. The number of carboxylic acids is 1. The highest BCUT2D eigenvalue weighted by molar-refractivity contribution is 7.89. The predicted molar refractivity (Wildman–Crippen MR) is 72.6 cm³/mol. The number of carboxylic acid groups (broad SMARTS) is 1. The lowest BCUT2D eigenvalue weighted by Gasteiger charge is -2.35. The van der Waals surface area contributed by atoms with Gasteiger partial charge in [-0.15, -0.1) is 0 Å². The van der Waals surface area contributed by atoms with E-state index in [4.69, 9.17) is 5.11 Å². The van der Waals surface area contributed by atoms with Crippen molar-refractivity contribution in [1.29, 1.82) is 0 Å². The van der Waals surface area contributed by atoms with Crippen LogP contribution in [-0.4, -0.2) is 52.4 Å². The van der Waals surface area contributed by atoms with Crippen LogP contribution >= 0.6 is 0 Å². The Hall–Kier alpha value is -1.49. The average Bonchev–Trinajstić information content (AvgIpc) is 2.36. The molecule has 0 aromatic heterocycles. The molecule has 2 N–H and O–H groups in total. The molecule has 0 radical (unpaired) electrons. The van der Waals surface area contributed by atoms with Crippen LogP contribution in [0.25, 0.3) is 0 Å². The van der Waals surface area contributed by atoms with Crippen LogP contribution in [0.4, 0.5) is 0 Å². The molecule has 1 aromatic carbocycles. The average molecular weight is 334 g/mol. The van der Waals surface area contributed by atoms with Crippen molar-refractivity contribution in [2.45, 2.75) is 9.79 Å². The molecule has 1 fully saturated rings. The largest absolute Gasteiger partial charge is 0.481 e. The van der Waals surface area contributed by atoms with Gasteiger partial charge < -0.3 is 5.11 Å². The maximum Gasteiger partial charge on any atom is 0.309 e. The number of benzene rings is 1. The second kappa shape index (κ2) is 5.37. The lowest BCUT2D eigenvalue weighted by atomic mass is 10.0. The molecule has 1 aliphatic rings. The minimum Gasteiger partial charge on any atom is -0.481 e. The number of rotatable bonds is 5. The van der Waals surface area contributed by atoms with E-state index in [0.29, 0.717) is 0 Å². The van der Waals surface area contributed by atoms with Gasteiger partial charge in [-0.1, -0.05) is 0 Å². The van der Waals surface area contributed by atoms with Gasteiger partial charge >= 0.3 is 5.97 Å². The van der Waals surface area contributed by atoms with Crippen molar-refractivity contribution >= 4 is 26.0 Å². The van der Waals surface area contributed by atoms with Crippen molar-refractivity contribution in [3.8, 4) is 0 Å². The van der Waals surface area contributed by atoms with Crippen LogP contribution in [0.3, 0.4) is 0 Å². The molecule has 1 aliphatic heterocycles. The summed E-state index contributed by atoms with van der Waals surface area (Å²) in [5.74, 6) is -1.72. The monoisotopic (exact) mass is 334 g/mol. The Kier molecular flexibility index (Phi) is 4.06. The van der Waals surface area contributed by atoms with Crippen molar-refractivity contribution in [3.63, 3.8) is 0 Å². The molecule has 0 unspecified atom stereocenters. The van der Waals surface area contributed by atoms with Crippen LogP contribution in [0.1, 0.15) is 0 Å². The molecular weight excluding hydrogens is 320 g/mol. The molecule has 116 valence electrons. The van der Waals surface area contributed by atoms with E-state index in [0.717, 1.165) is 4.31 Å². The van der Waals surface area contributed by atoms with Crippen molar-refractivity contribution in [3.05, 3.63) is 24.3 Å². The van der Waals surface area contributed by atoms with Gasteiger partial charge in [0.2, 0.25) is 20.0 Å². The van der Waals surface area contributed by atoms with Crippen LogP contribution < -0.4 is 4.72 Å². The summed E-state index contributed by atoms with van der Waals surface area (Å²) in [7, 11) is -6.16. The molecule has 1 aromatic rings. The predicted octanol–water partition coefficient (Wildman–Crippen LogP) is -0.700. The minimum absolute atomic E-state index is 0.0454. The van der Waals surface area contributed by atoms with Gasteiger partial charge in [0.25, 0.3) is 0 Å². The van der Waals surface area contributed by atoms with Crippen LogP contribution in [-0.2, 0) is 24.8 Å². The van der Waals surface area contributed by atoms with Crippen molar-refractivity contribution in [2.75, 3.05) is 20.1 Å². The zero-order chi connectivity index (χ0) is 15.8. The zero-order valence-electron chi connectivity index (χ0n) is 11.1. The molecule has 0 saturated carbocycles. The topological polar surface area (TPSA) is 121 Å². The summed E-state index contributed by atoms with van der Waals surface area (Å²) >= 11 is 0. The Bertz CT molecular complexity index is 748. The third-order valence-corrected chi connectivity index (χ3v) is 6.51. The van der Waals surface area contributed by atoms with E-state index >= 15 is 0 Å². The van der Waals surface area contributed by atoms with Crippen LogP contribution in [0.15, 0.2) is 34.1 Å². The smallest absolute Gasteiger partial charge is 0.309 e. The first-order chi connectivity index (χ1) is 9.68. The first-order valence-electron chi connectivity index (χ1n) is 5.95. The molecular formula is C11H14N2O6S2. The third kappa shape index (κ3) is 2.93. The van der Waals surface area contributed by atoms with Crippen LogP contribution in [0, 0.1) is 5.92 Å². The van der Waals surface area contributed by atoms with E-state index in [1.165, 1.54) is 31.3 Å². The summed E-state index contributed by atoms with van der Waals surface area (Å²) in [5.41, 5.74) is 0. The van der Waals surface area contributed by atoms with E-state index in [2.05, 4.69) is 4.72 Å². The molecule has 0 spiro atoms. The van der Waals surface area contributed by atoms with Gasteiger partial charge in [0, 0.05) is 13.1 Å². The van der Waals surface area contributed by atoms with E-state index in [1.807, 2.05) is 0 Å². The van der Waals surface area contributed by atoms with Gasteiger partial charge in [-0.05, 0) is 31.3 Å². The molecule has 0 amide bonds. The van der Waals surface area contributed by atoms with Gasteiger partial charge in [-0.25, -0.2) is 21.6 Å².